The van der Waals surface area contributed by atoms with Gasteiger partial charge in [0.05, 0.1) is 8.07 Å². The molecule has 1 heterocycles. The fourth-order valence-electron chi connectivity index (χ4n) is 2.76. The molecule has 0 aliphatic heterocycles. The molecule has 0 bridgehead atoms. The number of allylic oxidation sites excluding steroid dienone is 1. The summed E-state index contributed by atoms with van der Waals surface area (Å²) in [5.41, 5.74) is 2.91. The van der Waals surface area contributed by atoms with Gasteiger partial charge in [0.2, 0.25) is 0 Å². The zero-order valence-electron chi connectivity index (χ0n) is 14.4. The Kier molecular flexibility index (Phi) is 12.7. The van der Waals surface area contributed by atoms with E-state index < -0.39 is 8.07 Å². The maximum atomic E-state index is 4.11. The van der Waals surface area contributed by atoms with E-state index in [1.807, 2.05) is 18.2 Å². The van der Waals surface area contributed by atoms with E-state index in [9.17, 15) is 0 Å². The van der Waals surface area contributed by atoms with Gasteiger partial charge in [0.1, 0.15) is 0 Å². The first-order chi connectivity index (χ1) is 10.0. The molecule has 0 saturated heterocycles. The average Bonchev–Trinajstić information content (AvgIpc) is 2.88. The van der Waals surface area contributed by atoms with Gasteiger partial charge < -0.3 is 31.7 Å². The minimum Gasteiger partial charge on any atom is -1.00 e. The van der Waals surface area contributed by atoms with Crippen molar-refractivity contribution in [1.29, 1.82) is 0 Å². The van der Waals surface area contributed by atoms with Gasteiger partial charge in [0.25, 0.3) is 0 Å². The molecular formula is C19H24Cl2CrNSi. The molecule has 24 heavy (non-hydrogen) atoms. The van der Waals surface area contributed by atoms with Crippen LogP contribution in [0.4, 0.5) is 0 Å². The Morgan fingerprint density at radius 1 is 0.958 bits per heavy atom. The molecule has 1 atom stereocenters. The number of hydrogen-bond donors (Lipinski definition) is 0. The van der Waals surface area contributed by atoms with Gasteiger partial charge in [-0.15, -0.1) is 0 Å². The summed E-state index contributed by atoms with van der Waals surface area (Å²) in [7, 11) is -1.18. The first-order valence-corrected chi connectivity index (χ1v) is 11.0. The van der Waals surface area contributed by atoms with Crippen molar-refractivity contribution in [3.05, 3.63) is 78.1 Å². The second-order valence-corrected chi connectivity index (χ2v) is 11.4. The molecule has 5 heteroatoms. The van der Waals surface area contributed by atoms with E-state index >= 15 is 0 Å². The first kappa shape index (κ1) is 25.7. The summed E-state index contributed by atoms with van der Waals surface area (Å²) in [4.78, 5) is 3.78. The summed E-state index contributed by atoms with van der Waals surface area (Å²) in [6.07, 6.45) is 6.91. The SMILES string of the molecule is [CH2-]CC1C([Si](C)(C)C)=Cc2ccccc21.[Cl-].[Cl-].[Cr+3].c1ccncc1. The third-order valence-corrected chi connectivity index (χ3v) is 6.00. The number of nitrogens with zero attached hydrogens (tertiary/aromatic N) is 1. The Balaban J connectivity index is 0. The molecule has 1 aliphatic carbocycles. The Morgan fingerprint density at radius 3 is 1.96 bits per heavy atom. The van der Waals surface area contributed by atoms with Gasteiger partial charge in [-0.25, -0.2) is 0 Å². The van der Waals surface area contributed by atoms with E-state index in [-0.39, 0.29) is 42.2 Å². The summed E-state index contributed by atoms with van der Waals surface area (Å²) in [6, 6.07) is 14.5. The van der Waals surface area contributed by atoms with Crippen LogP contribution < -0.4 is 24.8 Å². The van der Waals surface area contributed by atoms with Crippen LogP contribution in [-0.4, -0.2) is 13.1 Å². The Labute approximate surface area is 170 Å². The molecule has 0 N–H and O–H groups in total. The smallest absolute Gasteiger partial charge is 1.00 e. The topological polar surface area (TPSA) is 12.9 Å². The fourth-order valence-corrected chi connectivity index (χ4v) is 4.69. The van der Waals surface area contributed by atoms with E-state index in [0.717, 1.165) is 6.42 Å². The van der Waals surface area contributed by atoms with Crippen molar-refractivity contribution >= 4 is 14.1 Å². The van der Waals surface area contributed by atoms with Gasteiger partial charge >= 0.3 is 17.4 Å². The molecule has 3 rings (SSSR count). The van der Waals surface area contributed by atoms with Gasteiger partial charge in [0, 0.05) is 12.4 Å². The van der Waals surface area contributed by atoms with E-state index in [1.54, 1.807) is 17.6 Å². The zero-order valence-corrected chi connectivity index (χ0v) is 18.2. The normalized spacial score (nSPS) is 14.5. The quantitative estimate of drug-likeness (QED) is 0.468. The molecule has 1 nitrogen and oxygen atoms in total. The summed E-state index contributed by atoms with van der Waals surface area (Å²) in [6.45, 7) is 11.4. The number of pyridine rings is 1. The molecule has 0 spiro atoms. The standard InChI is InChI=1S/C14H19Si.C5H5N.2ClH.Cr/c1-5-12-13-9-7-6-8-11(13)10-14(12)15(2,3)4;1-2-4-6-5-3-1;;;/h6-10,12H,1,5H2,2-4H3;1-5H;2*1H;/q-1;;;;+3/p-2. The van der Waals surface area contributed by atoms with Crippen molar-refractivity contribution in [3.8, 4) is 0 Å². The summed E-state index contributed by atoms with van der Waals surface area (Å²) in [5, 5.41) is 1.67. The molecule has 0 amide bonds. The number of rotatable bonds is 2. The van der Waals surface area contributed by atoms with E-state index in [1.165, 1.54) is 11.1 Å². The van der Waals surface area contributed by atoms with Gasteiger partial charge in [0.15, 0.2) is 0 Å². The van der Waals surface area contributed by atoms with Crippen molar-refractivity contribution < 1.29 is 42.2 Å². The van der Waals surface area contributed by atoms with Crippen LogP contribution >= 0.6 is 0 Å². The minimum atomic E-state index is -1.18. The van der Waals surface area contributed by atoms with Crippen molar-refractivity contribution in [2.45, 2.75) is 32.0 Å². The Hall–Kier alpha value is -0.561. The van der Waals surface area contributed by atoms with Crippen LogP contribution in [0.1, 0.15) is 23.5 Å². The number of aromatic nitrogens is 1. The van der Waals surface area contributed by atoms with Crippen LogP contribution in [0.3, 0.4) is 0 Å². The summed E-state index contributed by atoms with van der Waals surface area (Å²) < 4.78 is 0. The molecule has 1 radical (unpaired) electrons. The molecule has 1 aliphatic rings. The van der Waals surface area contributed by atoms with Gasteiger partial charge in [-0.2, -0.15) is 6.42 Å². The molecule has 0 fully saturated rings. The van der Waals surface area contributed by atoms with Crippen molar-refractivity contribution in [3.63, 3.8) is 0 Å². The third-order valence-electron chi connectivity index (χ3n) is 3.78. The van der Waals surface area contributed by atoms with E-state index in [4.69, 9.17) is 0 Å². The molecule has 129 valence electrons. The maximum Gasteiger partial charge on any atom is 3.00 e. The second kappa shape index (κ2) is 11.9. The number of fused-ring (bicyclic) bond motifs is 1. The summed E-state index contributed by atoms with van der Waals surface area (Å²) >= 11 is 0. The van der Waals surface area contributed by atoms with E-state index in [2.05, 4.69) is 61.9 Å². The van der Waals surface area contributed by atoms with Crippen molar-refractivity contribution in [2.75, 3.05) is 0 Å². The van der Waals surface area contributed by atoms with Crippen LogP contribution in [0.2, 0.25) is 19.6 Å². The van der Waals surface area contributed by atoms with Crippen LogP contribution in [0.15, 0.2) is 60.1 Å². The van der Waals surface area contributed by atoms with Crippen molar-refractivity contribution in [1.82, 2.24) is 4.98 Å². The molecule has 1 unspecified atom stereocenters. The van der Waals surface area contributed by atoms with Gasteiger partial charge in [-0.3, -0.25) is 4.98 Å². The Morgan fingerprint density at radius 2 is 1.54 bits per heavy atom. The molecule has 1 aromatic carbocycles. The first-order valence-electron chi connectivity index (χ1n) is 7.49. The largest absolute Gasteiger partial charge is 3.00 e. The fraction of sp³-hybridized carbons (Fsp3) is 0.263. The second-order valence-electron chi connectivity index (χ2n) is 6.34. The summed E-state index contributed by atoms with van der Waals surface area (Å²) in [5.74, 6) is 0.591. The molecule has 1 aromatic heterocycles. The van der Waals surface area contributed by atoms with Crippen LogP contribution in [0.25, 0.3) is 6.08 Å². The van der Waals surface area contributed by atoms with Gasteiger partial charge in [-0.1, -0.05) is 61.2 Å². The Bertz CT molecular complexity index is 586. The molecule has 0 saturated carbocycles. The van der Waals surface area contributed by atoms with Crippen LogP contribution in [0.5, 0.6) is 0 Å². The van der Waals surface area contributed by atoms with Gasteiger partial charge in [-0.05, 0) is 29.2 Å². The average molecular weight is 417 g/mol. The molecular weight excluding hydrogens is 393 g/mol. The monoisotopic (exact) mass is 416 g/mol. The third kappa shape index (κ3) is 6.75. The predicted octanol–water partition coefficient (Wildman–Crippen LogP) is -0.644. The van der Waals surface area contributed by atoms with Crippen LogP contribution in [0, 0.1) is 6.92 Å². The van der Waals surface area contributed by atoms with Crippen molar-refractivity contribution in [2.24, 2.45) is 0 Å². The van der Waals surface area contributed by atoms with E-state index in [0.29, 0.717) is 5.92 Å². The van der Waals surface area contributed by atoms with Crippen LogP contribution in [-0.2, 0) is 17.4 Å². The predicted molar refractivity (Wildman–Crippen MR) is 94.7 cm³/mol. The maximum absolute atomic E-state index is 4.11. The zero-order chi connectivity index (χ0) is 15.3. The minimum absolute atomic E-state index is 0. The molecule has 2 aromatic rings. The number of hydrogen-bond acceptors (Lipinski definition) is 1. The number of halogens is 2. The number of benzene rings is 1.